The molecule has 2 aromatic carbocycles. The van der Waals surface area contributed by atoms with E-state index in [1.54, 1.807) is 30.3 Å². The van der Waals surface area contributed by atoms with E-state index in [9.17, 15) is 9.59 Å². The maximum Gasteiger partial charge on any atom is 0.278 e. The second kappa shape index (κ2) is 6.59. The monoisotopic (exact) mass is 356 g/mol. The van der Waals surface area contributed by atoms with Crippen LogP contribution in [-0.4, -0.2) is 31.6 Å². The summed E-state index contributed by atoms with van der Waals surface area (Å²) in [6.07, 6.45) is 0. The van der Waals surface area contributed by atoms with E-state index < -0.39 is 17.4 Å². The zero-order valence-electron chi connectivity index (χ0n) is 15.0. The predicted molar refractivity (Wildman–Crippen MR) is 97.0 cm³/mol. The zero-order chi connectivity index (χ0) is 18.9. The predicted octanol–water partition coefficient (Wildman–Crippen LogP) is 2.74. The smallest absolute Gasteiger partial charge is 0.278 e. The molecule has 0 radical (unpaired) electrons. The van der Waals surface area contributed by atoms with E-state index in [-0.39, 0.29) is 0 Å². The van der Waals surface area contributed by atoms with Gasteiger partial charge in [-0.15, -0.1) is 0 Å². The standard InChI is InChI=1S/C19H20N2O5/c1-11-5-7-14-13(9-11)21-18(23)19(2,26-14)17(22)20-12-6-8-15(24-3)16(10-12)25-4/h5-10H,1-4H3,(H,20,22)(H,21,23). The van der Waals surface area contributed by atoms with Gasteiger partial charge in [0, 0.05) is 11.8 Å². The molecular formula is C19H20N2O5. The summed E-state index contributed by atoms with van der Waals surface area (Å²) in [5.74, 6) is 0.320. The van der Waals surface area contributed by atoms with Gasteiger partial charge in [-0.2, -0.15) is 0 Å². The lowest BCUT2D eigenvalue weighted by atomic mass is 10.0. The molecule has 2 amide bonds. The van der Waals surface area contributed by atoms with E-state index in [2.05, 4.69) is 10.6 Å². The second-order valence-electron chi connectivity index (χ2n) is 6.11. The molecule has 7 nitrogen and oxygen atoms in total. The third-order valence-corrected chi connectivity index (χ3v) is 4.21. The quantitative estimate of drug-likeness (QED) is 0.823. The van der Waals surface area contributed by atoms with Gasteiger partial charge in [-0.1, -0.05) is 6.07 Å². The van der Waals surface area contributed by atoms with Crippen molar-refractivity contribution in [1.82, 2.24) is 0 Å². The van der Waals surface area contributed by atoms with Gasteiger partial charge in [0.25, 0.3) is 17.4 Å². The van der Waals surface area contributed by atoms with Crippen molar-refractivity contribution in [3.63, 3.8) is 0 Å². The lowest BCUT2D eigenvalue weighted by Crippen LogP contribution is -2.56. The number of benzene rings is 2. The number of carbonyl (C=O) groups is 2. The van der Waals surface area contributed by atoms with Crippen LogP contribution in [0.5, 0.6) is 17.2 Å². The van der Waals surface area contributed by atoms with Crippen LogP contribution in [0.1, 0.15) is 12.5 Å². The Morgan fingerprint density at radius 2 is 1.85 bits per heavy atom. The van der Waals surface area contributed by atoms with Gasteiger partial charge >= 0.3 is 0 Å². The van der Waals surface area contributed by atoms with E-state index in [1.165, 1.54) is 21.1 Å². The van der Waals surface area contributed by atoms with Crippen LogP contribution < -0.4 is 24.8 Å². The SMILES string of the molecule is COc1ccc(NC(=O)C2(C)Oc3ccc(C)cc3NC2=O)cc1OC. The minimum atomic E-state index is -1.70. The van der Waals surface area contributed by atoms with Crippen LogP contribution in [0.3, 0.4) is 0 Å². The molecule has 1 heterocycles. The molecule has 2 aromatic rings. The molecule has 7 heteroatoms. The summed E-state index contributed by atoms with van der Waals surface area (Å²) < 4.78 is 16.1. The molecular weight excluding hydrogens is 336 g/mol. The number of nitrogens with one attached hydrogen (secondary N) is 2. The molecule has 0 aromatic heterocycles. The fourth-order valence-corrected chi connectivity index (χ4v) is 2.65. The highest BCUT2D eigenvalue weighted by atomic mass is 16.5. The number of methoxy groups -OCH3 is 2. The van der Waals surface area contributed by atoms with Crippen molar-refractivity contribution in [3.05, 3.63) is 42.0 Å². The lowest BCUT2D eigenvalue weighted by Gasteiger charge is -2.33. The highest BCUT2D eigenvalue weighted by Gasteiger charge is 2.47. The fraction of sp³-hybridized carbons (Fsp3) is 0.263. The number of aryl methyl sites for hydroxylation is 1. The molecule has 0 spiro atoms. The Hall–Kier alpha value is -3.22. The van der Waals surface area contributed by atoms with Crippen molar-refractivity contribution in [3.8, 4) is 17.2 Å². The van der Waals surface area contributed by atoms with Gasteiger partial charge in [-0.05, 0) is 43.7 Å². The van der Waals surface area contributed by atoms with Gasteiger partial charge in [0.05, 0.1) is 19.9 Å². The topological polar surface area (TPSA) is 85.9 Å². The number of hydrogen-bond acceptors (Lipinski definition) is 5. The van der Waals surface area contributed by atoms with Gasteiger partial charge in [-0.25, -0.2) is 0 Å². The van der Waals surface area contributed by atoms with Gasteiger partial charge in [0.15, 0.2) is 11.5 Å². The maximum atomic E-state index is 12.8. The van der Waals surface area contributed by atoms with Crippen molar-refractivity contribution in [1.29, 1.82) is 0 Å². The summed E-state index contributed by atoms with van der Waals surface area (Å²) in [6.45, 7) is 3.34. The van der Waals surface area contributed by atoms with E-state index in [1.807, 2.05) is 13.0 Å². The molecule has 0 saturated heterocycles. The van der Waals surface area contributed by atoms with Crippen LogP contribution >= 0.6 is 0 Å². The van der Waals surface area contributed by atoms with E-state index in [4.69, 9.17) is 14.2 Å². The van der Waals surface area contributed by atoms with Crippen molar-refractivity contribution in [2.75, 3.05) is 24.9 Å². The number of carbonyl (C=O) groups excluding carboxylic acids is 2. The van der Waals surface area contributed by atoms with E-state index >= 15 is 0 Å². The van der Waals surface area contributed by atoms with Crippen LogP contribution in [-0.2, 0) is 9.59 Å². The first-order chi connectivity index (χ1) is 12.4. The zero-order valence-corrected chi connectivity index (χ0v) is 15.0. The highest BCUT2D eigenvalue weighted by Crippen LogP contribution is 2.35. The van der Waals surface area contributed by atoms with Crippen LogP contribution in [0.2, 0.25) is 0 Å². The average molecular weight is 356 g/mol. The minimum Gasteiger partial charge on any atom is -0.493 e. The molecule has 0 fully saturated rings. The molecule has 0 saturated carbocycles. The number of fused-ring (bicyclic) bond motifs is 1. The van der Waals surface area contributed by atoms with Gasteiger partial charge in [0.2, 0.25) is 0 Å². The number of amides is 2. The summed E-state index contributed by atoms with van der Waals surface area (Å²) in [4.78, 5) is 25.3. The lowest BCUT2D eigenvalue weighted by molar-refractivity contribution is -0.143. The van der Waals surface area contributed by atoms with Crippen molar-refractivity contribution in [2.24, 2.45) is 0 Å². The molecule has 0 bridgehead atoms. The molecule has 0 aliphatic carbocycles. The number of anilines is 2. The summed E-state index contributed by atoms with van der Waals surface area (Å²) >= 11 is 0. The number of ether oxygens (including phenoxy) is 3. The fourth-order valence-electron chi connectivity index (χ4n) is 2.65. The maximum absolute atomic E-state index is 12.8. The van der Waals surface area contributed by atoms with Gasteiger partial charge in [-0.3, -0.25) is 9.59 Å². The van der Waals surface area contributed by atoms with Crippen LogP contribution in [0, 0.1) is 6.92 Å². The van der Waals surface area contributed by atoms with Crippen LogP contribution in [0.25, 0.3) is 0 Å². The van der Waals surface area contributed by atoms with Gasteiger partial charge in [0.1, 0.15) is 5.75 Å². The summed E-state index contributed by atoms with van der Waals surface area (Å²) in [5.41, 5.74) is 0.285. The molecule has 26 heavy (non-hydrogen) atoms. The summed E-state index contributed by atoms with van der Waals surface area (Å²) in [5, 5.41) is 5.42. The Labute approximate surface area is 151 Å². The molecule has 2 N–H and O–H groups in total. The van der Waals surface area contributed by atoms with Crippen molar-refractivity contribution >= 4 is 23.2 Å². The molecule has 136 valence electrons. The van der Waals surface area contributed by atoms with Crippen molar-refractivity contribution in [2.45, 2.75) is 19.4 Å². The van der Waals surface area contributed by atoms with Crippen molar-refractivity contribution < 1.29 is 23.8 Å². The Morgan fingerprint density at radius 3 is 2.54 bits per heavy atom. The molecule has 1 unspecified atom stereocenters. The third-order valence-electron chi connectivity index (χ3n) is 4.21. The average Bonchev–Trinajstić information content (AvgIpc) is 2.62. The molecule has 3 rings (SSSR count). The molecule has 1 atom stereocenters. The number of rotatable bonds is 4. The summed E-state index contributed by atoms with van der Waals surface area (Å²) in [7, 11) is 3.03. The van der Waals surface area contributed by atoms with Gasteiger partial charge < -0.3 is 24.8 Å². The van der Waals surface area contributed by atoms with Crippen LogP contribution in [0.15, 0.2) is 36.4 Å². The molecule has 1 aliphatic rings. The Morgan fingerprint density at radius 1 is 1.12 bits per heavy atom. The highest BCUT2D eigenvalue weighted by molar-refractivity contribution is 6.19. The first kappa shape index (κ1) is 17.6. The largest absolute Gasteiger partial charge is 0.493 e. The third kappa shape index (κ3) is 3.03. The first-order valence-electron chi connectivity index (χ1n) is 8.02. The number of hydrogen-bond donors (Lipinski definition) is 2. The Kier molecular flexibility index (Phi) is 4.46. The summed E-state index contributed by atoms with van der Waals surface area (Å²) in [6, 6.07) is 10.3. The Bertz CT molecular complexity index is 880. The van der Waals surface area contributed by atoms with E-state index in [0.29, 0.717) is 28.6 Å². The normalized spacial score (nSPS) is 18.2. The van der Waals surface area contributed by atoms with E-state index in [0.717, 1.165) is 5.56 Å². The van der Waals surface area contributed by atoms with Crippen LogP contribution in [0.4, 0.5) is 11.4 Å². The Balaban J connectivity index is 1.85. The first-order valence-corrected chi connectivity index (χ1v) is 8.02. The second-order valence-corrected chi connectivity index (χ2v) is 6.11. The molecule has 1 aliphatic heterocycles. The minimum absolute atomic E-state index is 0.445.